The Kier molecular flexibility index (Phi) is 5.83. The van der Waals surface area contributed by atoms with Crippen molar-refractivity contribution in [3.8, 4) is 0 Å². The van der Waals surface area contributed by atoms with Crippen LogP contribution in [0.1, 0.15) is 18.9 Å². The summed E-state index contributed by atoms with van der Waals surface area (Å²) in [5.41, 5.74) is 1.68. The van der Waals surface area contributed by atoms with Crippen LogP contribution in [-0.4, -0.2) is 23.0 Å². The Morgan fingerprint density at radius 2 is 2.24 bits per heavy atom. The van der Waals surface area contributed by atoms with Crippen LogP contribution in [0.4, 0.5) is 11.4 Å². The standard InChI is InChI=1S/C12H18N2O2S/c1-3-17-8-4-7-13-11-6-5-10(2)9-12(11)14(15)16/h5-6,9,13H,3-4,7-8H2,1-2H3. The van der Waals surface area contributed by atoms with Crippen molar-refractivity contribution in [3.63, 3.8) is 0 Å². The minimum atomic E-state index is -0.337. The Labute approximate surface area is 106 Å². The second-order valence-corrected chi connectivity index (χ2v) is 5.15. The molecule has 1 rings (SSSR count). The molecule has 0 spiro atoms. The van der Waals surface area contributed by atoms with Crippen LogP contribution in [0.15, 0.2) is 18.2 Å². The first-order chi connectivity index (χ1) is 8.15. The molecule has 0 radical (unpaired) electrons. The lowest BCUT2D eigenvalue weighted by molar-refractivity contribution is -0.384. The third-order valence-corrected chi connectivity index (χ3v) is 3.32. The van der Waals surface area contributed by atoms with Crippen molar-refractivity contribution >= 4 is 23.1 Å². The van der Waals surface area contributed by atoms with Crippen LogP contribution in [0.25, 0.3) is 0 Å². The molecule has 0 saturated carbocycles. The summed E-state index contributed by atoms with van der Waals surface area (Å²) in [5.74, 6) is 2.20. The second-order valence-electron chi connectivity index (χ2n) is 3.75. The fraction of sp³-hybridized carbons (Fsp3) is 0.500. The third-order valence-electron chi connectivity index (χ3n) is 2.33. The van der Waals surface area contributed by atoms with Crippen LogP contribution >= 0.6 is 11.8 Å². The topological polar surface area (TPSA) is 55.2 Å². The number of nitrogens with one attached hydrogen (secondary N) is 1. The van der Waals surface area contributed by atoms with Gasteiger partial charge in [0.05, 0.1) is 4.92 Å². The molecule has 0 amide bonds. The highest BCUT2D eigenvalue weighted by molar-refractivity contribution is 7.99. The van der Waals surface area contributed by atoms with Gasteiger partial charge < -0.3 is 5.32 Å². The molecule has 0 heterocycles. The molecule has 17 heavy (non-hydrogen) atoms. The second kappa shape index (κ2) is 7.17. The normalized spacial score (nSPS) is 10.2. The summed E-state index contributed by atoms with van der Waals surface area (Å²) >= 11 is 1.88. The first kappa shape index (κ1) is 13.8. The molecule has 0 aliphatic carbocycles. The van der Waals surface area contributed by atoms with Crippen molar-refractivity contribution in [2.24, 2.45) is 0 Å². The van der Waals surface area contributed by atoms with Crippen LogP contribution < -0.4 is 5.32 Å². The number of hydrogen-bond donors (Lipinski definition) is 1. The van der Waals surface area contributed by atoms with Crippen LogP contribution in [0, 0.1) is 17.0 Å². The van der Waals surface area contributed by atoms with E-state index in [-0.39, 0.29) is 10.6 Å². The summed E-state index contributed by atoms with van der Waals surface area (Å²) < 4.78 is 0. The highest BCUT2D eigenvalue weighted by atomic mass is 32.2. The summed E-state index contributed by atoms with van der Waals surface area (Å²) in [6.07, 6.45) is 1.02. The van der Waals surface area contributed by atoms with E-state index in [0.29, 0.717) is 5.69 Å². The Balaban J connectivity index is 2.55. The maximum atomic E-state index is 10.9. The zero-order valence-electron chi connectivity index (χ0n) is 10.2. The predicted molar refractivity (Wildman–Crippen MR) is 73.9 cm³/mol. The molecule has 0 unspecified atom stereocenters. The van der Waals surface area contributed by atoms with E-state index in [1.54, 1.807) is 12.1 Å². The molecule has 0 aliphatic rings. The number of nitro benzene ring substituents is 1. The van der Waals surface area contributed by atoms with Gasteiger partial charge in [-0.15, -0.1) is 0 Å². The Morgan fingerprint density at radius 3 is 2.88 bits per heavy atom. The number of nitrogens with zero attached hydrogens (tertiary/aromatic N) is 1. The molecule has 1 N–H and O–H groups in total. The first-order valence-corrected chi connectivity index (χ1v) is 6.87. The molecule has 0 atom stereocenters. The molecule has 94 valence electrons. The lowest BCUT2D eigenvalue weighted by atomic mass is 10.2. The van der Waals surface area contributed by atoms with Crippen molar-refractivity contribution < 1.29 is 4.92 Å². The van der Waals surface area contributed by atoms with Gasteiger partial charge in [-0.1, -0.05) is 13.0 Å². The number of hydrogen-bond acceptors (Lipinski definition) is 4. The Hall–Kier alpha value is -1.23. The Morgan fingerprint density at radius 1 is 1.47 bits per heavy atom. The van der Waals surface area contributed by atoms with Crippen molar-refractivity contribution in [3.05, 3.63) is 33.9 Å². The van der Waals surface area contributed by atoms with Crippen LogP contribution in [0.5, 0.6) is 0 Å². The molecule has 4 nitrogen and oxygen atoms in total. The summed E-state index contributed by atoms with van der Waals surface area (Å²) in [6.45, 7) is 4.76. The van der Waals surface area contributed by atoms with E-state index < -0.39 is 0 Å². The van der Waals surface area contributed by atoms with Crippen molar-refractivity contribution in [1.82, 2.24) is 0 Å². The van der Waals surface area contributed by atoms with E-state index in [0.717, 1.165) is 30.0 Å². The molecule has 0 fully saturated rings. The fourth-order valence-electron chi connectivity index (χ4n) is 1.48. The fourth-order valence-corrected chi connectivity index (χ4v) is 2.12. The van der Waals surface area contributed by atoms with Crippen molar-refractivity contribution in [2.75, 3.05) is 23.4 Å². The zero-order valence-corrected chi connectivity index (χ0v) is 11.0. The van der Waals surface area contributed by atoms with E-state index in [4.69, 9.17) is 0 Å². The SMILES string of the molecule is CCSCCCNc1ccc(C)cc1[N+](=O)[O-]. The average Bonchev–Trinajstić information content (AvgIpc) is 2.30. The summed E-state index contributed by atoms with van der Waals surface area (Å²) in [6, 6.07) is 5.26. The van der Waals surface area contributed by atoms with E-state index in [1.807, 2.05) is 24.8 Å². The number of thioether (sulfide) groups is 1. The number of aryl methyl sites for hydroxylation is 1. The maximum Gasteiger partial charge on any atom is 0.292 e. The van der Waals surface area contributed by atoms with Crippen molar-refractivity contribution in [2.45, 2.75) is 20.3 Å². The van der Waals surface area contributed by atoms with Gasteiger partial charge in [-0.2, -0.15) is 11.8 Å². The largest absolute Gasteiger partial charge is 0.379 e. The number of benzene rings is 1. The molecule has 5 heteroatoms. The van der Waals surface area contributed by atoms with E-state index in [9.17, 15) is 10.1 Å². The lowest BCUT2D eigenvalue weighted by Crippen LogP contribution is -2.05. The average molecular weight is 254 g/mol. The first-order valence-electron chi connectivity index (χ1n) is 5.71. The number of nitro groups is 1. The molecular formula is C12H18N2O2S. The smallest absolute Gasteiger partial charge is 0.292 e. The highest BCUT2D eigenvalue weighted by Crippen LogP contribution is 2.25. The summed E-state index contributed by atoms with van der Waals surface area (Å²) in [7, 11) is 0. The minimum absolute atomic E-state index is 0.160. The lowest BCUT2D eigenvalue weighted by Gasteiger charge is -2.07. The van der Waals surface area contributed by atoms with Gasteiger partial charge in [-0.25, -0.2) is 0 Å². The van der Waals surface area contributed by atoms with E-state index in [1.165, 1.54) is 0 Å². The molecule has 1 aromatic rings. The van der Waals surface area contributed by atoms with Crippen LogP contribution in [0.2, 0.25) is 0 Å². The number of rotatable bonds is 7. The highest BCUT2D eigenvalue weighted by Gasteiger charge is 2.12. The molecular weight excluding hydrogens is 236 g/mol. The van der Waals surface area contributed by atoms with E-state index in [2.05, 4.69) is 12.2 Å². The van der Waals surface area contributed by atoms with Crippen molar-refractivity contribution in [1.29, 1.82) is 0 Å². The minimum Gasteiger partial charge on any atom is -0.379 e. The predicted octanol–water partition coefficient (Wildman–Crippen LogP) is 3.46. The maximum absolute atomic E-state index is 10.9. The van der Waals surface area contributed by atoms with Crippen LogP contribution in [0.3, 0.4) is 0 Å². The number of anilines is 1. The molecule has 1 aromatic carbocycles. The monoisotopic (exact) mass is 254 g/mol. The van der Waals surface area contributed by atoms with Gasteiger partial charge in [-0.05, 0) is 36.5 Å². The van der Waals surface area contributed by atoms with Gasteiger partial charge in [0.2, 0.25) is 0 Å². The molecule has 0 aliphatic heterocycles. The van der Waals surface area contributed by atoms with Gasteiger partial charge in [0.1, 0.15) is 5.69 Å². The van der Waals surface area contributed by atoms with Crippen LogP contribution in [-0.2, 0) is 0 Å². The van der Waals surface area contributed by atoms with E-state index >= 15 is 0 Å². The van der Waals surface area contributed by atoms with Gasteiger partial charge in [0, 0.05) is 12.6 Å². The molecule has 0 saturated heterocycles. The quantitative estimate of drug-likeness (QED) is 0.460. The molecule has 0 bridgehead atoms. The van der Waals surface area contributed by atoms with Gasteiger partial charge >= 0.3 is 0 Å². The Bertz CT molecular complexity index is 383. The zero-order chi connectivity index (χ0) is 12.7. The van der Waals surface area contributed by atoms with Gasteiger partial charge in [-0.3, -0.25) is 10.1 Å². The summed E-state index contributed by atoms with van der Waals surface area (Å²) in [4.78, 5) is 10.5. The third kappa shape index (κ3) is 4.65. The van der Waals surface area contributed by atoms with Gasteiger partial charge in [0.25, 0.3) is 5.69 Å². The van der Waals surface area contributed by atoms with Gasteiger partial charge in [0.15, 0.2) is 0 Å². The molecule has 0 aromatic heterocycles. The summed E-state index contributed by atoms with van der Waals surface area (Å²) in [5, 5.41) is 14.0.